The lowest BCUT2D eigenvalue weighted by Crippen LogP contribution is -2.22. The van der Waals surface area contributed by atoms with Crippen molar-refractivity contribution in [3.63, 3.8) is 0 Å². The summed E-state index contributed by atoms with van der Waals surface area (Å²) in [6.45, 7) is 1.53. The number of aromatic amines is 1. The topological polar surface area (TPSA) is 87.1 Å². The van der Waals surface area contributed by atoms with E-state index in [0.29, 0.717) is 13.1 Å². The number of hydrogen-bond donors (Lipinski definition) is 3. The van der Waals surface area contributed by atoms with Crippen molar-refractivity contribution in [2.45, 2.75) is 26.1 Å². The molecule has 0 bridgehead atoms. The van der Waals surface area contributed by atoms with Crippen molar-refractivity contribution in [1.82, 2.24) is 14.9 Å². The molecule has 0 saturated heterocycles. The highest BCUT2D eigenvalue weighted by molar-refractivity contribution is 5.66. The van der Waals surface area contributed by atoms with E-state index < -0.39 is 5.97 Å². The molecule has 0 spiro atoms. The molecule has 1 aromatic heterocycles. The smallest absolute Gasteiger partial charge is 0.326 e. The highest BCUT2D eigenvalue weighted by atomic mass is 16.4. The molecule has 0 radical (unpaired) electrons. The Hall–Kier alpha value is -1.56. The Labute approximate surface area is 79.6 Å². The summed E-state index contributed by atoms with van der Waals surface area (Å²) in [5.41, 5.74) is 1.55. The Balaban J connectivity index is 2.24. The van der Waals surface area contributed by atoms with E-state index in [2.05, 4.69) is 10.3 Å². The molecule has 0 saturated carbocycles. The van der Waals surface area contributed by atoms with Gasteiger partial charge in [-0.1, -0.05) is 0 Å². The zero-order chi connectivity index (χ0) is 10.1. The molecule has 6 nitrogen and oxygen atoms in total. The Morgan fingerprint density at radius 2 is 2.29 bits per heavy atom. The first-order valence-electron chi connectivity index (χ1n) is 4.41. The van der Waals surface area contributed by atoms with Crippen LogP contribution >= 0.6 is 0 Å². The first-order chi connectivity index (χ1) is 6.68. The van der Waals surface area contributed by atoms with Crippen LogP contribution in [0.1, 0.15) is 17.8 Å². The molecule has 2 heterocycles. The third-order valence-electron chi connectivity index (χ3n) is 2.32. The van der Waals surface area contributed by atoms with Crippen LogP contribution < -0.4 is 11.0 Å². The average molecular weight is 197 g/mol. The molecule has 76 valence electrons. The van der Waals surface area contributed by atoms with E-state index in [4.69, 9.17) is 5.11 Å². The Kier molecular flexibility index (Phi) is 2.12. The fourth-order valence-corrected chi connectivity index (χ4v) is 1.65. The van der Waals surface area contributed by atoms with Crippen molar-refractivity contribution in [3.05, 3.63) is 21.9 Å². The van der Waals surface area contributed by atoms with Gasteiger partial charge >= 0.3 is 11.7 Å². The second-order valence-corrected chi connectivity index (χ2v) is 3.25. The Bertz CT molecular complexity index is 418. The quantitative estimate of drug-likeness (QED) is 0.595. The van der Waals surface area contributed by atoms with Crippen molar-refractivity contribution in [2.24, 2.45) is 0 Å². The third kappa shape index (κ3) is 1.44. The molecular weight excluding hydrogens is 186 g/mol. The van der Waals surface area contributed by atoms with E-state index in [-0.39, 0.29) is 18.7 Å². The summed E-state index contributed by atoms with van der Waals surface area (Å²) < 4.78 is 1.49. The van der Waals surface area contributed by atoms with E-state index in [1.807, 2.05) is 0 Å². The van der Waals surface area contributed by atoms with Crippen molar-refractivity contribution in [2.75, 3.05) is 0 Å². The lowest BCUT2D eigenvalue weighted by atomic mass is 10.3. The summed E-state index contributed by atoms with van der Waals surface area (Å²) in [5.74, 6) is -0.891. The molecule has 2 rings (SSSR count). The van der Waals surface area contributed by atoms with Gasteiger partial charge in [-0.3, -0.25) is 9.36 Å². The Morgan fingerprint density at radius 1 is 1.50 bits per heavy atom. The van der Waals surface area contributed by atoms with Crippen LogP contribution in [0.25, 0.3) is 0 Å². The van der Waals surface area contributed by atoms with Gasteiger partial charge < -0.3 is 15.4 Å². The molecule has 1 aliphatic rings. The van der Waals surface area contributed by atoms with Gasteiger partial charge in [0.2, 0.25) is 0 Å². The molecule has 0 atom stereocenters. The summed E-state index contributed by atoms with van der Waals surface area (Å²) >= 11 is 0. The number of imidazole rings is 1. The summed E-state index contributed by atoms with van der Waals surface area (Å²) in [7, 11) is 0. The van der Waals surface area contributed by atoms with Gasteiger partial charge in [-0.2, -0.15) is 0 Å². The maximum Gasteiger partial charge on any atom is 0.326 e. The number of hydrogen-bond acceptors (Lipinski definition) is 3. The SMILES string of the molecule is O=C(O)CCn1c2c([nH]c1=O)CNC2. The van der Waals surface area contributed by atoms with Gasteiger partial charge in [-0.15, -0.1) is 0 Å². The van der Waals surface area contributed by atoms with Crippen molar-refractivity contribution in [3.8, 4) is 0 Å². The largest absolute Gasteiger partial charge is 0.481 e. The van der Waals surface area contributed by atoms with Crippen LogP contribution in [0, 0.1) is 0 Å². The third-order valence-corrected chi connectivity index (χ3v) is 2.32. The maximum absolute atomic E-state index is 11.4. The summed E-state index contributed by atoms with van der Waals surface area (Å²) in [4.78, 5) is 24.4. The second kappa shape index (κ2) is 3.30. The minimum Gasteiger partial charge on any atom is -0.481 e. The van der Waals surface area contributed by atoms with Gasteiger partial charge in [0.05, 0.1) is 17.8 Å². The molecule has 0 aliphatic carbocycles. The van der Waals surface area contributed by atoms with Crippen molar-refractivity contribution >= 4 is 5.97 Å². The molecule has 0 unspecified atom stereocenters. The van der Waals surface area contributed by atoms with E-state index >= 15 is 0 Å². The van der Waals surface area contributed by atoms with Gasteiger partial charge in [0.15, 0.2) is 0 Å². The molecule has 14 heavy (non-hydrogen) atoms. The molecule has 3 N–H and O–H groups in total. The predicted molar refractivity (Wildman–Crippen MR) is 47.8 cm³/mol. The van der Waals surface area contributed by atoms with Crippen LogP contribution in [0.3, 0.4) is 0 Å². The zero-order valence-electron chi connectivity index (χ0n) is 7.54. The number of aromatic nitrogens is 2. The molecule has 1 aliphatic heterocycles. The highest BCUT2D eigenvalue weighted by Crippen LogP contribution is 2.10. The summed E-state index contributed by atoms with van der Waals surface area (Å²) in [6, 6.07) is 0. The van der Waals surface area contributed by atoms with E-state index in [1.54, 1.807) is 0 Å². The van der Waals surface area contributed by atoms with E-state index in [9.17, 15) is 9.59 Å². The first-order valence-corrected chi connectivity index (χ1v) is 4.41. The van der Waals surface area contributed by atoms with Gasteiger partial charge in [-0.05, 0) is 0 Å². The lowest BCUT2D eigenvalue weighted by Gasteiger charge is -2.01. The number of carbonyl (C=O) groups is 1. The molecule has 6 heteroatoms. The van der Waals surface area contributed by atoms with Crippen LogP contribution in [0.2, 0.25) is 0 Å². The second-order valence-electron chi connectivity index (χ2n) is 3.25. The standard InChI is InChI=1S/C8H11N3O3/c12-7(13)1-2-11-6-4-9-3-5(6)10-8(11)14/h9H,1-4H2,(H,10,14)(H,12,13). The van der Waals surface area contributed by atoms with Crippen LogP contribution in [0.15, 0.2) is 4.79 Å². The number of nitrogens with one attached hydrogen (secondary N) is 2. The van der Waals surface area contributed by atoms with Crippen LogP contribution in [-0.4, -0.2) is 20.6 Å². The number of rotatable bonds is 3. The molecular formula is C8H11N3O3. The summed E-state index contributed by atoms with van der Waals surface area (Å²) in [6.07, 6.45) is -0.0236. The minimum absolute atomic E-state index is 0.0236. The normalized spacial score (nSPS) is 14.3. The number of carboxylic acid groups (broad SMARTS) is 1. The average Bonchev–Trinajstić information content (AvgIpc) is 2.61. The number of carboxylic acids is 1. The Morgan fingerprint density at radius 3 is 3.00 bits per heavy atom. The van der Waals surface area contributed by atoms with E-state index in [1.165, 1.54) is 4.57 Å². The molecule has 0 amide bonds. The van der Waals surface area contributed by atoms with Crippen molar-refractivity contribution in [1.29, 1.82) is 0 Å². The zero-order valence-corrected chi connectivity index (χ0v) is 7.54. The minimum atomic E-state index is -0.891. The van der Waals surface area contributed by atoms with Crippen LogP contribution in [0.5, 0.6) is 0 Å². The van der Waals surface area contributed by atoms with Gasteiger partial charge in [0, 0.05) is 19.6 Å². The molecule has 1 aromatic rings. The first kappa shape index (κ1) is 9.01. The fraction of sp³-hybridized carbons (Fsp3) is 0.500. The number of nitrogens with zero attached hydrogens (tertiary/aromatic N) is 1. The number of aliphatic carboxylic acids is 1. The maximum atomic E-state index is 11.4. The lowest BCUT2D eigenvalue weighted by molar-refractivity contribution is -0.137. The number of fused-ring (bicyclic) bond motifs is 1. The fourth-order valence-electron chi connectivity index (χ4n) is 1.65. The number of H-pyrrole nitrogens is 1. The van der Waals surface area contributed by atoms with Crippen LogP contribution in [-0.2, 0) is 24.4 Å². The molecule has 0 aromatic carbocycles. The monoisotopic (exact) mass is 197 g/mol. The van der Waals surface area contributed by atoms with Crippen LogP contribution in [0.4, 0.5) is 0 Å². The van der Waals surface area contributed by atoms with Crippen molar-refractivity contribution < 1.29 is 9.90 Å². The highest BCUT2D eigenvalue weighted by Gasteiger charge is 2.18. The predicted octanol–water partition coefficient (Wildman–Crippen LogP) is -0.746. The van der Waals surface area contributed by atoms with Gasteiger partial charge in [0.1, 0.15) is 0 Å². The summed E-state index contributed by atoms with van der Waals surface area (Å²) in [5, 5.41) is 11.6. The van der Waals surface area contributed by atoms with Gasteiger partial charge in [-0.25, -0.2) is 4.79 Å². The van der Waals surface area contributed by atoms with E-state index in [0.717, 1.165) is 11.4 Å². The van der Waals surface area contributed by atoms with Gasteiger partial charge in [0.25, 0.3) is 0 Å². The molecule has 0 fully saturated rings.